The molecule has 1 fully saturated rings. The highest BCUT2D eigenvalue weighted by atomic mass is 32.1. The van der Waals surface area contributed by atoms with Crippen molar-refractivity contribution in [2.75, 3.05) is 25.1 Å². The number of carbonyl (C=O) groups is 1. The van der Waals surface area contributed by atoms with Crippen molar-refractivity contribution in [3.63, 3.8) is 0 Å². The van der Waals surface area contributed by atoms with Gasteiger partial charge in [0, 0.05) is 6.54 Å². The summed E-state index contributed by atoms with van der Waals surface area (Å²) in [6.07, 6.45) is 2.76. The first-order valence-corrected chi connectivity index (χ1v) is 9.50. The van der Waals surface area contributed by atoms with E-state index in [0.29, 0.717) is 11.7 Å². The molecule has 136 valence electrons. The zero-order valence-electron chi connectivity index (χ0n) is 14.8. The van der Waals surface area contributed by atoms with E-state index in [1.165, 1.54) is 11.3 Å². The molecule has 4 rings (SSSR count). The number of aromatic nitrogens is 1. The summed E-state index contributed by atoms with van der Waals surface area (Å²) in [4.78, 5) is 18.3. The highest BCUT2D eigenvalue weighted by Crippen LogP contribution is 2.33. The quantitative estimate of drug-likeness (QED) is 0.556. The third-order valence-electron chi connectivity index (χ3n) is 4.72. The fourth-order valence-electron chi connectivity index (χ4n) is 3.21. The largest absolute Gasteiger partial charge is 0.497 e. The van der Waals surface area contributed by atoms with Crippen LogP contribution in [0.5, 0.6) is 5.75 Å². The van der Waals surface area contributed by atoms with E-state index in [0.717, 1.165) is 45.0 Å². The number of anilines is 1. The van der Waals surface area contributed by atoms with Crippen LogP contribution in [0.2, 0.25) is 0 Å². The predicted molar refractivity (Wildman–Crippen MR) is 106 cm³/mol. The Bertz CT molecular complexity index is 1020. The number of amides is 1. The minimum absolute atomic E-state index is 0.161. The molecule has 0 spiro atoms. The molecule has 1 amide bonds. The van der Waals surface area contributed by atoms with E-state index in [-0.39, 0.29) is 11.8 Å². The second-order valence-electron chi connectivity index (χ2n) is 6.37. The van der Waals surface area contributed by atoms with Gasteiger partial charge in [0.2, 0.25) is 11.0 Å². The van der Waals surface area contributed by atoms with Gasteiger partial charge in [0.1, 0.15) is 5.75 Å². The van der Waals surface area contributed by atoms with E-state index in [1.54, 1.807) is 7.11 Å². The molecular weight excluding hydrogens is 360 g/mol. The van der Waals surface area contributed by atoms with Gasteiger partial charge in [-0.2, -0.15) is 10.2 Å². The van der Waals surface area contributed by atoms with Gasteiger partial charge in [0.25, 0.3) is 0 Å². The molecule has 1 aliphatic rings. The first-order valence-electron chi connectivity index (χ1n) is 8.69. The molecule has 3 aromatic rings. The second kappa shape index (κ2) is 7.35. The second-order valence-corrected chi connectivity index (χ2v) is 7.38. The van der Waals surface area contributed by atoms with Gasteiger partial charge in [-0.3, -0.25) is 4.79 Å². The highest BCUT2D eigenvalue weighted by Gasteiger charge is 2.30. The van der Waals surface area contributed by atoms with Crippen LogP contribution in [0.15, 0.2) is 42.5 Å². The van der Waals surface area contributed by atoms with Crippen LogP contribution in [-0.4, -0.2) is 31.1 Å². The number of methoxy groups -OCH3 is 1. The predicted octanol–water partition coefficient (Wildman–Crippen LogP) is 3.40. The lowest BCUT2D eigenvalue weighted by Crippen LogP contribution is -2.33. The lowest BCUT2D eigenvalue weighted by molar-refractivity contribution is -0.121. The Morgan fingerprint density at radius 2 is 2.07 bits per heavy atom. The molecule has 27 heavy (non-hydrogen) atoms. The van der Waals surface area contributed by atoms with Gasteiger partial charge in [0.15, 0.2) is 6.19 Å². The molecule has 2 heterocycles. The monoisotopic (exact) mass is 378 g/mol. The number of benzene rings is 2. The van der Waals surface area contributed by atoms with Crippen molar-refractivity contribution in [3.8, 4) is 23.1 Å². The Labute approximate surface area is 161 Å². The van der Waals surface area contributed by atoms with E-state index in [9.17, 15) is 10.1 Å². The number of carbonyl (C=O) groups excluding carboxylic acids is 1. The zero-order valence-corrected chi connectivity index (χ0v) is 15.6. The number of fused-ring (bicyclic) bond motifs is 1. The number of rotatable bonds is 4. The lowest BCUT2D eigenvalue weighted by Gasteiger charge is -2.14. The first kappa shape index (κ1) is 17.5. The molecule has 0 aliphatic carbocycles. The van der Waals surface area contributed by atoms with Gasteiger partial charge >= 0.3 is 0 Å². The number of nitriles is 1. The zero-order chi connectivity index (χ0) is 18.8. The van der Waals surface area contributed by atoms with E-state index >= 15 is 0 Å². The van der Waals surface area contributed by atoms with Crippen LogP contribution in [0.3, 0.4) is 0 Å². The van der Waals surface area contributed by atoms with E-state index in [4.69, 9.17) is 4.74 Å². The van der Waals surface area contributed by atoms with Crippen molar-refractivity contribution in [2.24, 2.45) is 5.92 Å². The van der Waals surface area contributed by atoms with Gasteiger partial charge in [-0.25, -0.2) is 4.98 Å². The van der Waals surface area contributed by atoms with E-state index in [2.05, 4.69) is 10.3 Å². The SMILES string of the molecule is COc1ccc(-c2ccc3nc(N(C#N)C(=O)[C@H]4CCNC4)sc3c2)cc1. The molecule has 1 N–H and O–H groups in total. The summed E-state index contributed by atoms with van der Waals surface area (Å²) in [5.74, 6) is 0.466. The molecule has 0 saturated carbocycles. The van der Waals surface area contributed by atoms with Crippen molar-refractivity contribution in [1.29, 1.82) is 5.26 Å². The standard InChI is InChI=1S/C20H18N4O2S/c1-26-16-5-2-13(3-6-16)14-4-7-17-18(10-14)27-20(23-17)24(12-21)19(25)15-8-9-22-11-15/h2-7,10,15,22H,8-9,11H2,1H3/t15-/m0/s1. The maximum atomic E-state index is 12.6. The van der Waals surface area contributed by atoms with Crippen LogP contribution in [0, 0.1) is 17.4 Å². The number of hydrogen-bond donors (Lipinski definition) is 1. The maximum absolute atomic E-state index is 12.6. The first-order chi connectivity index (χ1) is 13.2. The van der Waals surface area contributed by atoms with Crippen molar-refractivity contribution in [2.45, 2.75) is 6.42 Å². The number of hydrogen-bond acceptors (Lipinski definition) is 6. The Hall–Kier alpha value is -2.95. The van der Waals surface area contributed by atoms with Crippen LogP contribution >= 0.6 is 11.3 Å². The number of nitrogens with zero attached hydrogens (tertiary/aromatic N) is 3. The van der Waals surface area contributed by atoms with Gasteiger partial charge in [-0.05, 0) is 48.4 Å². The van der Waals surface area contributed by atoms with Gasteiger partial charge in [0.05, 0.1) is 23.2 Å². The normalized spacial score (nSPS) is 16.2. The number of ether oxygens (including phenoxy) is 1. The molecule has 0 unspecified atom stereocenters. The van der Waals surface area contributed by atoms with Crippen LogP contribution < -0.4 is 15.0 Å². The summed E-state index contributed by atoms with van der Waals surface area (Å²) in [6, 6.07) is 13.8. The lowest BCUT2D eigenvalue weighted by atomic mass is 10.1. The fourth-order valence-corrected chi connectivity index (χ4v) is 4.17. The molecule has 1 aliphatic heterocycles. The summed E-state index contributed by atoms with van der Waals surface area (Å²) in [6.45, 7) is 1.42. The average molecular weight is 378 g/mol. The molecule has 2 aromatic carbocycles. The highest BCUT2D eigenvalue weighted by molar-refractivity contribution is 7.22. The Balaban J connectivity index is 1.65. The molecule has 0 radical (unpaired) electrons. The topological polar surface area (TPSA) is 78.2 Å². The minimum Gasteiger partial charge on any atom is -0.497 e. The van der Waals surface area contributed by atoms with Gasteiger partial charge in [-0.15, -0.1) is 0 Å². The molecule has 6 nitrogen and oxygen atoms in total. The molecule has 1 aromatic heterocycles. The summed E-state index contributed by atoms with van der Waals surface area (Å²) < 4.78 is 6.14. The average Bonchev–Trinajstić information content (AvgIpc) is 3.38. The molecule has 1 atom stereocenters. The van der Waals surface area contributed by atoms with Crippen LogP contribution in [0.25, 0.3) is 21.3 Å². The number of thiazole rings is 1. The Kier molecular flexibility index (Phi) is 4.75. The van der Waals surface area contributed by atoms with Gasteiger partial charge in [-0.1, -0.05) is 29.5 Å². The Morgan fingerprint density at radius 1 is 1.30 bits per heavy atom. The van der Waals surface area contributed by atoms with Crippen molar-refractivity contribution in [3.05, 3.63) is 42.5 Å². The minimum atomic E-state index is -0.183. The Morgan fingerprint density at radius 3 is 2.74 bits per heavy atom. The summed E-state index contributed by atoms with van der Waals surface area (Å²) >= 11 is 1.36. The van der Waals surface area contributed by atoms with Crippen molar-refractivity contribution >= 4 is 32.6 Å². The van der Waals surface area contributed by atoms with E-state index in [1.807, 2.05) is 48.7 Å². The third-order valence-corrected chi connectivity index (χ3v) is 5.73. The van der Waals surface area contributed by atoms with Crippen LogP contribution in [-0.2, 0) is 4.79 Å². The van der Waals surface area contributed by atoms with Crippen molar-refractivity contribution in [1.82, 2.24) is 10.3 Å². The van der Waals surface area contributed by atoms with E-state index < -0.39 is 0 Å². The molecule has 0 bridgehead atoms. The number of nitrogens with one attached hydrogen (secondary N) is 1. The maximum Gasteiger partial charge on any atom is 0.246 e. The summed E-state index contributed by atoms with van der Waals surface area (Å²) in [7, 11) is 1.64. The summed E-state index contributed by atoms with van der Waals surface area (Å²) in [5.41, 5.74) is 2.90. The van der Waals surface area contributed by atoms with Crippen LogP contribution in [0.4, 0.5) is 5.13 Å². The fraction of sp³-hybridized carbons (Fsp3) is 0.250. The van der Waals surface area contributed by atoms with Crippen molar-refractivity contribution < 1.29 is 9.53 Å². The smallest absolute Gasteiger partial charge is 0.246 e. The summed E-state index contributed by atoms with van der Waals surface area (Å²) in [5, 5.41) is 13.1. The molecular formula is C20H18N4O2S. The molecule has 1 saturated heterocycles. The van der Waals surface area contributed by atoms with Gasteiger partial charge < -0.3 is 10.1 Å². The van der Waals surface area contributed by atoms with Crippen LogP contribution in [0.1, 0.15) is 6.42 Å². The third kappa shape index (κ3) is 3.37. The molecule has 7 heteroatoms.